The fraction of sp³-hybridized carbons (Fsp3) is 0.852. The second-order valence-electron chi connectivity index (χ2n) is 12.3. The molecule has 32 heavy (non-hydrogen) atoms. The van der Waals surface area contributed by atoms with E-state index in [0.717, 1.165) is 56.5 Å². The molecule has 1 N–H and O–H groups in total. The summed E-state index contributed by atoms with van der Waals surface area (Å²) in [4.78, 5) is 17.3. The minimum Gasteiger partial charge on any atom is -0.364 e. The van der Waals surface area contributed by atoms with Crippen LogP contribution in [0.4, 0.5) is 0 Å². The van der Waals surface area contributed by atoms with Gasteiger partial charge < -0.3 is 10.1 Å². The van der Waals surface area contributed by atoms with Gasteiger partial charge in [-0.2, -0.15) is 0 Å². The number of hydrogen-bond donors (Lipinski definition) is 1. The summed E-state index contributed by atoms with van der Waals surface area (Å²) in [5.74, 6) is 3.79. The molecule has 0 radical (unpaired) electrons. The van der Waals surface area contributed by atoms with Crippen LogP contribution in [0.25, 0.3) is 0 Å². The van der Waals surface area contributed by atoms with Gasteiger partial charge in [0.05, 0.1) is 21.3 Å². The van der Waals surface area contributed by atoms with Gasteiger partial charge >= 0.3 is 0 Å². The Balaban J connectivity index is 1.29. The number of nitrogens with one attached hydrogen (secondary N) is 1. The number of aliphatic imine (C=N–C) groups is 1. The fourth-order valence-corrected chi connectivity index (χ4v) is 10.1. The number of nitrogens with zero attached hydrogens (tertiary/aromatic N) is 1. The summed E-state index contributed by atoms with van der Waals surface area (Å²) < 4.78 is 7.37. The lowest BCUT2D eigenvalue weighted by Crippen LogP contribution is -2.43. The number of fused-ring (bicyclic) bond motifs is 6. The van der Waals surface area contributed by atoms with Gasteiger partial charge in [0.25, 0.3) is 0 Å². The van der Waals surface area contributed by atoms with Gasteiger partial charge in [0.1, 0.15) is 0 Å². The molecule has 9 atom stereocenters. The van der Waals surface area contributed by atoms with E-state index in [1.807, 2.05) is 0 Å². The van der Waals surface area contributed by atoms with Crippen molar-refractivity contribution in [3.8, 4) is 0 Å². The molecule has 6 rings (SSSR count). The summed E-state index contributed by atoms with van der Waals surface area (Å²) >= 11 is 2.67. The van der Waals surface area contributed by atoms with Crippen molar-refractivity contribution in [2.24, 2.45) is 40.0 Å². The third-order valence-corrected chi connectivity index (χ3v) is 12.4. The van der Waals surface area contributed by atoms with Gasteiger partial charge in [0.2, 0.25) is 5.91 Å². The van der Waals surface area contributed by atoms with Crippen molar-refractivity contribution in [1.29, 1.82) is 0 Å². The molecule has 0 bridgehead atoms. The molecule has 1 amide bonds. The summed E-state index contributed by atoms with van der Waals surface area (Å²) in [5, 5.41) is 3.17. The van der Waals surface area contributed by atoms with Crippen molar-refractivity contribution in [2.45, 2.75) is 94.2 Å². The van der Waals surface area contributed by atoms with Crippen LogP contribution in [0.5, 0.6) is 0 Å². The van der Waals surface area contributed by atoms with Crippen molar-refractivity contribution in [3.05, 3.63) is 11.1 Å². The van der Waals surface area contributed by atoms with E-state index in [2.05, 4.69) is 48.7 Å². The van der Waals surface area contributed by atoms with E-state index in [0.29, 0.717) is 21.2 Å². The van der Waals surface area contributed by atoms with Gasteiger partial charge in [-0.05, 0) is 93.3 Å². The predicted molar refractivity (Wildman–Crippen MR) is 136 cm³/mol. The molecule has 0 unspecified atom stereocenters. The summed E-state index contributed by atoms with van der Waals surface area (Å²) in [6.45, 7) is 9.11. The van der Waals surface area contributed by atoms with Gasteiger partial charge in [-0.1, -0.05) is 47.6 Å². The van der Waals surface area contributed by atoms with Crippen LogP contribution in [0.1, 0.15) is 78.6 Å². The number of rotatable bonds is 0. The summed E-state index contributed by atoms with van der Waals surface area (Å²) in [6.07, 6.45) is 10.7. The van der Waals surface area contributed by atoms with Gasteiger partial charge in [-0.25, -0.2) is 0 Å². The first-order valence-corrected chi connectivity index (χ1v) is 14.4. The molecule has 176 valence electrons. The lowest BCUT2D eigenvalue weighted by molar-refractivity contribution is -0.122. The average molecular weight is 551 g/mol. The summed E-state index contributed by atoms with van der Waals surface area (Å²) in [6, 6.07) is 0. The van der Waals surface area contributed by atoms with Gasteiger partial charge in [-0.3, -0.25) is 9.79 Å². The predicted octanol–water partition coefficient (Wildman–Crippen LogP) is 5.49. The first kappa shape index (κ1) is 22.1. The molecule has 5 heteroatoms. The molecule has 0 aromatic rings. The molecule has 0 aromatic carbocycles. The topological polar surface area (TPSA) is 50.7 Å². The van der Waals surface area contributed by atoms with Crippen molar-refractivity contribution in [2.75, 3.05) is 13.1 Å². The van der Waals surface area contributed by atoms with E-state index in [1.54, 1.807) is 11.1 Å². The third kappa shape index (κ3) is 3.22. The highest BCUT2D eigenvalue weighted by Gasteiger charge is 2.58. The number of carbonyl (C=O) groups excluding carboxylic acids is 1. The van der Waals surface area contributed by atoms with Crippen LogP contribution in [-0.4, -0.2) is 40.3 Å². The maximum Gasteiger partial charge on any atom is 0.220 e. The molecule has 4 fully saturated rings. The van der Waals surface area contributed by atoms with Crippen molar-refractivity contribution in [3.63, 3.8) is 0 Å². The van der Waals surface area contributed by atoms with Crippen LogP contribution in [0.3, 0.4) is 0 Å². The van der Waals surface area contributed by atoms with Crippen LogP contribution < -0.4 is 5.32 Å². The van der Waals surface area contributed by atoms with Gasteiger partial charge in [0.15, 0.2) is 0 Å². The van der Waals surface area contributed by atoms with E-state index in [1.165, 1.54) is 37.8 Å². The Bertz CT molecular complexity index is 883. The Morgan fingerprint density at radius 1 is 1.19 bits per heavy atom. The van der Waals surface area contributed by atoms with Gasteiger partial charge in [-0.15, -0.1) is 0 Å². The normalized spacial score (nSPS) is 50.6. The standard InChI is InChI=1S/C27H39IN2O2/c1-15-10-22-24(30-14-15)25(28)27(32-22)7-6-18-19-5-4-17-11-23(31)29-9-8-26(17,3)21(19)12-20(18)16(2)13-27/h15,17-19,21-22,25H,4-14H2,1-3H3,(H,29,31)/t15-,17+,18-,19-,21-,22+,25+,26-,27-/m0/s1. The molecule has 3 aliphatic carbocycles. The number of allylic oxidation sites excluding steroid dienone is 1. The molecule has 3 heterocycles. The minimum absolute atomic E-state index is 0.0369. The van der Waals surface area contributed by atoms with Crippen LogP contribution in [0.15, 0.2) is 16.1 Å². The Labute approximate surface area is 206 Å². The SMILES string of the molecule is CC1=C2C[C@H]3[C@@H](CC[C@@H]4CC(=O)NCC[C@@]43C)[C@@H]2CC[C@@]2(C1)O[C@@H]1C[C@H](C)CN=C1[C@H]2I. The first-order chi connectivity index (χ1) is 15.3. The molecular weight excluding hydrogens is 511 g/mol. The Morgan fingerprint density at radius 3 is 2.88 bits per heavy atom. The molecule has 1 spiro atoms. The Kier molecular flexibility index (Phi) is 5.37. The number of alkyl halides is 1. The number of amides is 1. The maximum absolute atomic E-state index is 12.3. The van der Waals surface area contributed by atoms with E-state index in [-0.39, 0.29) is 17.6 Å². The number of carbonyl (C=O) groups is 1. The zero-order valence-corrected chi connectivity index (χ0v) is 22.1. The zero-order valence-electron chi connectivity index (χ0n) is 20.0. The van der Waals surface area contributed by atoms with Crippen LogP contribution >= 0.6 is 22.6 Å². The van der Waals surface area contributed by atoms with Crippen molar-refractivity contribution < 1.29 is 9.53 Å². The Morgan fingerprint density at radius 2 is 2.03 bits per heavy atom. The smallest absolute Gasteiger partial charge is 0.220 e. The first-order valence-electron chi connectivity index (χ1n) is 13.1. The number of halogens is 1. The van der Waals surface area contributed by atoms with E-state index < -0.39 is 0 Å². The number of hydrogen-bond acceptors (Lipinski definition) is 3. The second kappa shape index (κ2) is 7.79. The molecule has 2 saturated carbocycles. The maximum atomic E-state index is 12.3. The van der Waals surface area contributed by atoms with E-state index in [4.69, 9.17) is 9.73 Å². The summed E-state index contributed by atoms with van der Waals surface area (Å²) in [5.41, 5.74) is 5.04. The fourth-order valence-electron chi connectivity index (χ4n) is 8.86. The zero-order chi connectivity index (χ0) is 22.3. The Hall–Kier alpha value is -0.430. The van der Waals surface area contributed by atoms with E-state index in [9.17, 15) is 4.79 Å². The van der Waals surface area contributed by atoms with Crippen LogP contribution in [0, 0.1) is 35.0 Å². The van der Waals surface area contributed by atoms with Crippen molar-refractivity contribution >= 4 is 34.2 Å². The van der Waals surface area contributed by atoms with Gasteiger partial charge in [0, 0.05) is 19.5 Å². The highest BCUT2D eigenvalue weighted by atomic mass is 127. The molecule has 2 saturated heterocycles. The lowest BCUT2D eigenvalue weighted by atomic mass is 9.55. The third-order valence-electron chi connectivity index (χ3n) is 10.6. The highest BCUT2D eigenvalue weighted by Crippen LogP contribution is 2.63. The average Bonchev–Trinajstić information content (AvgIpc) is 3.14. The van der Waals surface area contributed by atoms with Crippen LogP contribution in [0.2, 0.25) is 0 Å². The molecule has 0 aromatic heterocycles. The molecule has 3 aliphatic heterocycles. The lowest BCUT2D eigenvalue weighted by Gasteiger charge is -2.49. The number of ether oxygens (including phenoxy) is 1. The van der Waals surface area contributed by atoms with E-state index >= 15 is 0 Å². The molecule has 4 nitrogen and oxygen atoms in total. The molecule has 6 aliphatic rings. The largest absolute Gasteiger partial charge is 0.364 e. The monoisotopic (exact) mass is 550 g/mol. The van der Waals surface area contributed by atoms with Crippen LogP contribution in [-0.2, 0) is 9.53 Å². The second-order valence-corrected chi connectivity index (χ2v) is 13.6. The summed E-state index contributed by atoms with van der Waals surface area (Å²) in [7, 11) is 0. The molecular formula is C27H39IN2O2. The minimum atomic E-state index is -0.0369. The van der Waals surface area contributed by atoms with Crippen molar-refractivity contribution in [1.82, 2.24) is 5.32 Å². The quantitative estimate of drug-likeness (QED) is 0.247. The highest BCUT2D eigenvalue weighted by molar-refractivity contribution is 14.1.